The van der Waals surface area contributed by atoms with Crippen molar-refractivity contribution in [3.8, 4) is 0 Å². The molecule has 1 aliphatic heterocycles. The number of carboxylic acid groups (broad SMARTS) is 1. The van der Waals surface area contributed by atoms with E-state index in [-0.39, 0.29) is 5.25 Å². The molecular weight excluding hydrogens is 290 g/mol. The van der Waals surface area contributed by atoms with Gasteiger partial charge >= 0.3 is 11.9 Å². The summed E-state index contributed by atoms with van der Waals surface area (Å²) in [4.78, 5) is 23.8. The zero-order valence-electron chi connectivity index (χ0n) is 13.5. The molecule has 2 N–H and O–H groups in total. The highest BCUT2D eigenvalue weighted by molar-refractivity contribution is 7.99. The molecule has 0 bridgehead atoms. The van der Waals surface area contributed by atoms with Gasteiger partial charge < -0.3 is 15.2 Å². The molecule has 0 saturated carbocycles. The Hall–Kier alpha value is -1.17. The van der Waals surface area contributed by atoms with Gasteiger partial charge in [0.05, 0.1) is 24.1 Å². The number of methoxy groups -OCH3 is 1. The van der Waals surface area contributed by atoms with E-state index in [9.17, 15) is 14.7 Å². The molecule has 4 unspecified atom stereocenters. The fourth-order valence-electron chi connectivity index (χ4n) is 3.27. The van der Waals surface area contributed by atoms with Crippen molar-refractivity contribution in [1.82, 2.24) is 5.32 Å². The van der Waals surface area contributed by atoms with Crippen LogP contribution in [0, 0.1) is 11.8 Å². The summed E-state index contributed by atoms with van der Waals surface area (Å²) in [6.45, 7) is 9.60. The molecular formula is C15H25NO4S. The standard InChI is InChI=1S/C15H25NO4S/c1-7-21-10(4)15(5)12(13(17)18)8(2)11(9(3)16-15)14(19)20-6/h8,10,12,16H,7H2,1-6H3,(H,17,18). The van der Waals surface area contributed by atoms with Gasteiger partial charge in [0, 0.05) is 16.9 Å². The SMILES string of the molecule is CCSC(C)C1(C)NC(C)=C(C(=O)OC)C(C)C1C(=O)O. The van der Waals surface area contributed by atoms with Crippen molar-refractivity contribution in [2.75, 3.05) is 12.9 Å². The van der Waals surface area contributed by atoms with Crippen LogP contribution < -0.4 is 5.32 Å². The van der Waals surface area contributed by atoms with Gasteiger partial charge in [-0.25, -0.2) is 4.79 Å². The van der Waals surface area contributed by atoms with Crippen LogP contribution in [0.4, 0.5) is 0 Å². The van der Waals surface area contributed by atoms with Crippen molar-refractivity contribution in [2.24, 2.45) is 11.8 Å². The largest absolute Gasteiger partial charge is 0.481 e. The average Bonchev–Trinajstić information content (AvgIpc) is 2.37. The van der Waals surface area contributed by atoms with Crippen LogP contribution in [-0.2, 0) is 14.3 Å². The van der Waals surface area contributed by atoms with E-state index >= 15 is 0 Å². The van der Waals surface area contributed by atoms with Crippen LogP contribution in [0.5, 0.6) is 0 Å². The van der Waals surface area contributed by atoms with Crippen molar-refractivity contribution in [1.29, 1.82) is 0 Å². The first-order valence-electron chi connectivity index (χ1n) is 7.12. The van der Waals surface area contributed by atoms with E-state index in [2.05, 4.69) is 12.2 Å². The Morgan fingerprint density at radius 1 is 1.52 bits per heavy atom. The fourth-order valence-corrected chi connectivity index (χ4v) is 4.33. The van der Waals surface area contributed by atoms with Crippen molar-refractivity contribution < 1.29 is 19.4 Å². The topological polar surface area (TPSA) is 75.6 Å². The lowest BCUT2D eigenvalue weighted by molar-refractivity contribution is -0.147. The van der Waals surface area contributed by atoms with Crippen LogP contribution in [0.1, 0.15) is 34.6 Å². The summed E-state index contributed by atoms with van der Waals surface area (Å²) in [5.74, 6) is -1.54. The summed E-state index contributed by atoms with van der Waals surface area (Å²) in [5.41, 5.74) is 0.516. The Kier molecular flexibility index (Phi) is 5.73. The van der Waals surface area contributed by atoms with Crippen molar-refractivity contribution >= 4 is 23.7 Å². The smallest absolute Gasteiger partial charge is 0.335 e. The van der Waals surface area contributed by atoms with Crippen LogP contribution in [0.3, 0.4) is 0 Å². The molecule has 0 spiro atoms. The lowest BCUT2D eigenvalue weighted by Gasteiger charge is -2.48. The number of allylic oxidation sites excluding steroid dienone is 1. The quantitative estimate of drug-likeness (QED) is 0.758. The molecule has 1 rings (SSSR count). The van der Waals surface area contributed by atoms with Gasteiger partial charge in [-0.2, -0.15) is 11.8 Å². The maximum Gasteiger partial charge on any atom is 0.335 e. The minimum Gasteiger partial charge on any atom is -0.481 e. The molecule has 0 aromatic carbocycles. The Morgan fingerprint density at radius 3 is 2.52 bits per heavy atom. The predicted octanol–water partition coefficient (Wildman–Crippen LogP) is 2.27. The molecule has 5 nitrogen and oxygen atoms in total. The number of esters is 1. The number of hydrogen-bond acceptors (Lipinski definition) is 5. The van der Waals surface area contributed by atoms with E-state index in [1.807, 2.05) is 20.8 Å². The zero-order chi connectivity index (χ0) is 16.4. The van der Waals surface area contributed by atoms with Gasteiger partial charge in [0.1, 0.15) is 0 Å². The molecule has 21 heavy (non-hydrogen) atoms. The highest BCUT2D eigenvalue weighted by Crippen LogP contribution is 2.42. The third-order valence-corrected chi connectivity index (χ3v) is 5.72. The molecule has 0 amide bonds. The Labute approximate surface area is 130 Å². The van der Waals surface area contributed by atoms with E-state index in [0.29, 0.717) is 11.3 Å². The van der Waals surface area contributed by atoms with Crippen LogP contribution in [0.25, 0.3) is 0 Å². The second-order valence-corrected chi connectivity index (χ2v) is 7.26. The van der Waals surface area contributed by atoms with Crippen LogP contribution in [0.15, 0.2) is 11.3 Å². The monoisotopic (exact) mass is 315 g/mol. The molecule has 1 heterocycles. The van der Waals surface area contributed by atoms with Gasteiger partial charge in [0.2, 0.25) is 0 Å². The maximum atomic E-state index is 11.9. The van der Waals surface area contributed by atoms with E-state index in [0.717, 1.165) is 5.75 Å². The van der Waals surface area contributed by atoms with Gasteiger partial charge in [-0.15, -0.1) is 0 Å². The van der Waals surface area contributed by atoms with E-state index in [1.165, 1.54) is 7.11 Å². The number of hydrogen-bond donors (Lipinski definition) is 2. The zero-order valence-corrected chi connectivity index (χ0v) is 14.3. The third kappa shape index (κ3) is 3.20. The number of nitrogens with one attached hydrogen (secondary N) is 1. The molecule has 0 aromatic heterocycles. The first-order chi connectivity index (χ1) is 9.70. The molecule has 0 fully saturated rings. The van der Waals surface area contributed by atoms with Gasteiger partial charge in [-0.3, -0.25) is 4.79 Å². The fraction of sp³-hybridized carbons (Fsp3) is 0.733. The highest BCUT2D eigenvalue weighted by atomic mass is 32.2. The number of carbonyl (C=O) groups excluding carboxylic acids is 1. The van der Waals surface area contributed by atoms with Gasteiger partial charge in [-0.05, 0) is 19.6 Å². The molecule has 120 valence electrons. The molecule has 0 aromatic rings. The Bertz CT molecular complexity index is 463. The molecule has 1 aliphatic rings. The van der Waals surface area contributed by atoms with Crippen molar-refractivity contribution in [3.63, 3.8) is 0 Å². The second-order valence-electron chi connectivity index (χ2n) is 5.64. The van der Waals surface area contributed by atoms with Crippen LogP contribution >= 0.6 is 11.8 Å². The highest BCUT2D eigenvalue weighted by Gasteiger charge is 2.51. The number of thioether (sulfide) groups is 1. The van der Waals surface area contributed by atoms with Crippen molar-refractivity contribution in [2.45, 2.75) is 45.4 Å². The summed E-state index contributed by atoms with van der Waals surface area (Å²) in [6.07, 6.45) is 0. The lowest BCUT2D eigenvalue weighted by Crippen LogP contribution is -2.62. The normalized spacial score (nSPS) is 30.6. The first kappa shape index (κ1) is 17.9. The first-order valence-corrected chi connectivity index (χ1v) is 8.17. The lowest BCUT2D eigenvalue weighted by atomic mass is 9.69. The minimum atomic E-state index is -0.894. The van der Waals surface area contributed by atoms with E-state index in [4.69, 9.17) is 4.74 Å². The number of aliphatic carboxylic acids is 1. The van der Waals surface area contributed by atoms with Crippen LogP contribution in [-0.4, -0.2) is 40.7 Å². The van der Waals surface area contributed by atoms with Gasteiger partial charge in [-0.1, -0.05) is 20.8 Å². The molecule has 6 heteroatoms. The van der Waals surface area contributed by atoms with E-state index in [1.54, 1.807) is 18.7 Å². The van der Waals surface area contributed by atoms with E-state index < -0.39 is 29.3 Å². The Morgan fingerprint density at radius 2 is 2.10 bits per heavy atom. The second kappa shape index (κ2) is 6.73. The van der Waals surface area contributed by atoms with Gasteiger partial charge in [0.25, 0.3) is 0 Å². The van der Waals surface area contributed by atoms with Crippen LogP contribution in [0.2, 0.25) is 0 Å². The maximum absolute atomic E-state index is 11.9. The summed E-state index contributed by atoms with van der Waals surface area (Å²) in [7, 11) is 1.31. The number of ether oxygens (including phenoxy) is 1. The summed E-state index contributed by atoms with van der Waals surface area (Å²) in [6, 6.07) is 0. The summed E-state index contributed by atoms with van der Waals surface area (Å²) >= 11 is 1.71. The summed E-state index contributed by atoms with van der Waals surface area (Å²) in [5, 5.41) is 13.1. The summed E-state index contributed by atoms with van der Waals surface area (Å²) < 4.78 is 4.80. The average molecular weight is 315 g/mol. The molecule has 4 atom stereocenters. The third-order valence-electron chi connectivity index (χ3n) is 4.39. The molecule has 0 saturated heterocycles. The van der Waals surface area contributed by atoms with Crippen molar-refractivity contribution in [3.05, 3.63) is 11.3 Å². The van der Waals surface area contributed by atoms with Gasteiger partial charge in [0.15, 0.2) is 0 Å². The number of carboxylic acids is 1. The number of carbonyl (C=O) groups is 2. The minimum absolute atomic E-state index is 0.0974. The Balaban J connectivity index is 3.34. The molecule has 0 aliphatic carbocycles. The number of rotatable bonds is 5. The molecule has 0 radical (unpaired) electrons. The predicted molar refractivity (Wildman–Crippen MR) is 84.1 cm³/mol.